The van der Waals surface area contributed by atoms with E-state index in [1.54, 1.807) is 6.07 Å². The first kappa shape index (κ1) is 19.9. The molecule has 2 rings (SSSR count). The van der Waals surface area contributed by atoms with E-state index < -0.39 is 5.79 Å². The molecule has 1 aliphatic heterocycles. The molecule has 0 bridgehead atoms. The molecule has 0 radical (unpaired) electrons. The van der Waals surface area contributed by atoms with Crippen LogP contribution >= 0.6 is 35.0 Å². The van der Waals surface area contributed by atoms with Gasteiger partial charge in [-0.25, -0.2) is 0 Å². The van der Waals surface area contributed by atoms with Crippen molar-refractivity contribution in [3.63, 3.8) is 0 Å². The first-order chi connectivity index (χ1) is 11.5. The van der Waals surface area contributed by atoms with E-state index in [1.165, 1.54) is 11.8 Å². The summed E-state index contributed by atoms with van der Waals surface area (Å²) in [5.74, 6) is 0.724. The van der Waals surface area contributed by atoms with Crippen LogP contribution in [0.2, 0.25) is 10.0 Å². The van der Waals surface area contributed by atoms with Crippen LogP contribution in [-0.4, -0.2) is 37.2 Å². The fraction of sp³-hybridized carbons (Fsp3) is 0.588. The normalized spacial score (nSPS) is 16.3. The van der Waals surface area contributed by atoms with E-state index in [-0.39, 0.29) is 5.91 Å². The second-order valence-corrected chi connectivity index (χ2v) is 7.70. The van der Waals surface area contributed by atoms with E-state index in [2.05, 4.69) is 5.32 Å². The van der Waals surface area contributed by atoms with Gasteiger partial charge >= 0.3 is 0 Å². The molecule has 0 aromatic heterocycles. The SMILES string of the molecule is CC1(CCCCNC(=O)CSCc2ccc(Cl)cc2Cl)OCCO1. The lowest BCUT2D eigenvalue weighted by Gasteiger charge is -2.21. The Morgan fingerprint density at radius 2 is 2.04 bits per heavy atom. The highest BCUT2D eigenvalue weighted by Gasteiger charge is 2.29. The number of unbranched alkanes of at least 4 members (excludes halogenated alkanes) is 1. The van der Waals surface area contributed by atoms with Crippen molar-refractivity contribution >= 4 is 40.9 Å². The largest absolute Gasteiger partial charge is 0.355 e. The van der Waals surface area contributed by atoms with Gasteiger partial charge in [0.15, 0.2) is 5.79 Å². The van der Waals surface area contributed by atoms with E-state index in [4.69, 9.17) is 32.7 Å². The Hall–Kier alpha value is -0.460. The third-order valence-corrected chi connectivity index (χ3v) is 5.35. The maximum atomic E-state index is 11.8. The number of carbonyl (C=O) groups is 1. The zero-order valence-corrected chi connectivity index (χ0v) is 16.1. The molecule has 7 heteroatoms. The summed E-state index contributed by atoms with van der Waals surface area (Å²) >= 11 is 13.5. The van der Waals surface area contributed by atoms with Gasteiger partial charge in [0.1, 0.15) is 0 Å². The van der Waals surface area contributed by atoms with Crippen LogP contribution in [-0.2, 0) is 20.0 Å². The minimum absolute atomic E-state index is 0.0460. The summed E-state index contributed by atoms with van der Waals surface area (Å²) in [5.41, 5.74) is 0.990. The standard InChI is InChI=1S/C17H23Cl2NO3S/c1-17(22-8-9-23-17)6-2-3-7-20-16(21)12-24-11-13-4-5-14(18)10-15(13)19/h4-5,10H,2-3,6-9,11-12H2,1H3,(H,20,21). The molecule has 1 aliphatic rings. The lowest BCUT2D eigenvalue weighted by Crippen LogP contribution is -2.28. The molecule has 0 atom stereocenters. The summed E-state index contributed by atoms with van der Waals surface area (Å²) in [7, 11) is 0. The van der Waals surface area contributed by atoms with Crippen LogP contribution in [0.25, 0.3) is 0 Å². The lowest BCUT2D eigenvalue weighted by molar-refractivity contribution is -0.147. The minimum atomic E-state index is -0.433. The molecule has 4 nitrogen and oxygen atoms in total. The number of ether oxygens (including phenoxy) is 2. The van der Waals surface area contributed by atoms with Crippen molar-refractivity contribution in [1.29, 1.82) is 0 Å². The first-order valence-corrected chi connectivity index (χ1v) is 9.96. The van der Waals surface area contributed by atoms with Crippen LogP contribution in [0.15, 0.2) is 18.2 Å². The van der Waals surface area contributed by atoms with Crippen LogP contribution < -0.4 is 5.32 Å². The van der Waals surface area contributed by atoms with E-state index in [1.807, 2.05) is 19.1 Å². The van der Waals surface area contributed by atoms with Crippen LogP contribution in [0.3, 0.4) is 0 Å². The Balaban J connectivity index is 1.53. The second kappa shape index (κ2) is 9.88. The van der Waals surface area contributed by atoms with E-state index in [0.29, 0.717) is 41.3 Å². The monoisotopic (exact) mass is 391 g/mol. The Kier molecular flexibility index (Phi) is 8.17. The fourth-order valence-corrected chi connectivity index (χ4v) is 3.86. The Labute approximate surface area is 157 Å². The summed E-state index contributed by atoms with van der Waals surface area (Å²) in [6.07, 6.45) is 2.73. The zero-order valence-electron chi connectivity index (χ0n) is 13.8. The number of hydrogen-bond acceptors (Lipinski definition) is 4. The molecule has 24 heavy (non-hydrogen) atoms. The van der Waals surface area contributed by atoms with Crippen molar-refractivity contribution in [1.82, 2.24) is 5.32 Å². The van der Waals surface area contributed by atoms with Crippen molar-refractivity contribution in [2.24, 2.45) is 0 Å². The molecular formula is C17H23Cl2NO3S. The van der Waals surface area contributed by atoms with Crippen molar-refractivity contribution in [3.8, 4) is 0 Å². The predicted molar refractivity (Wildman–Crippen MR) is 99.8 cm³/mol. The van der Waals surface area contributed by atoms with Gasteiger partial charge in [0, 0.05) is 28.8 Å². The summed E-state index contributed by atoms with van der Waals surface area (Å²) in [5, 5.41) is 4.19. The third-order valence-electron chi connectivity index (χ3n) is 3.78. The van der Waals surface area contributed by atoms with E-state index in [9.17, 15) is 4.79 Å². The van der Waals surface area contributed by atoms with Gasteiger partial charge in [-0.05, 0) is 37.5 Å². The number of thioether (sulfide) groups is 1. The van der Waals surface area contributed by atoms with Crippen molar-refractivity contribution in [2.45, 2.75) is 37.7 Å². The zero-order chi connectivity index (χ0) is 17.4. The maximum Gasteiger partial charge on any atom is 0.230 e. The van der Waals surface area contributed by atoms with Gasteiger partial charge in [0.2, 0.25) is 5.91 Å². The molecule has 1 aromatic rings. The molecule has 0 saturated carbocycles. The highest BCUT2D eigenvalue weighted by molar-refractivity contribution is 7.99. The van der Waals surface area contributed by atoms with Crippen LogP contribution in [0.5, 0.6) is 0 Å². The number of halogens is 2. The Morgan fingerprint density at radius 3 is 2.75 bits per heavy atom. The second-order valence-electron chi connectivity index (χ2n) is 5.87. The molecule has 1 aromatic carbocycles. The molecule has 1 amide bonds. The topological polar surface area (TPSA) is 47.6 Å². The average Bonchev–Trinajstić information content (AvgIpc) is 2.96. The quantitative estimate of drug-likeness (QED) is 0.638. The summed E-state index contributed by atoms with van der Waals surface area (Å²) < 4.78 is 11.1. The molecular weight excluding hydrogens is 369 g/mol. The van der Waals surface area contributed by atoms with Gasteiger partial charge in [0.25, 0.3) is 0 Å². The molecule has 1 heterocycles. The van der Waals surface area contributed by atoms with Crippen LogP contribution in [0.4, 0.5) is 0 Å². The highest BCUT2D eigenvalue weighted by Crippen LogP contribution is 2.25. The van der Waals surface area contributed by atoms with Gasteiger partial charge in [0.05, 0.1) is 19.0 Å². The number of nitrogens with one attached hydrogen (secondary N) is 1. The molecule has 1 N–H and O–H groups in total. The number of rotatable bonds is 9. The number of carbonyl (C=O) groups excluding carboxylic acids is 1. The van der Waals surface area contributed by atoms with Gasteiger partial charge < -0.3 is 14.8 Å². The average molecular weight is 392 g/mol. The third kappa shape index (κ3) is 6.81. The summed E-state index contributed by atoms with van der Waals surface area (Å²) in [4.78, 5) is 11.8. The van der Waals surface area contributed by atoms with Crippen molar-refractivity contribution in [2.75, 3.05) is 25.5 Å². The van der Waals surface area contributed by atoms with Gasteiger partial charge in [-0.15, -0.1) is 11.8 Å². The lowest BCUT2D eigenvalue weighted by atomic mass is 10.1. The highest BCUT2D eigenvalue weighted by atomic mass is 35.5. The maximum absolute atomic E-state index is 11.8. The molecule has 0 aliphatic carbocycles. The van der Waals surface area contributed by atoms with Crippen molar-refractivity contribution < 1.29 is 14.3 Å². The van der Waals surface area contributed by atoms with Crippen molar-refractivity contribution in [3.05, 3.63) is 33.8 Å². The first-order valence-electron chi connectivity index (χ1n) is 8.05. The molecule has 0 unspecified atom stereocenters. The van der Waals surface area contributed by atoms with E-state index >= 15 is 0 Å². The molecule has 1 saturated heterocycles. The van der Waals surface area contributed by atoms with Crippen LogP contribution in [0, 0.1) is 0 Å². The molecule has 134 valence electrons. The van der Waals surface area contributed by atoms with Gasteiger partial charge in [-0.1, -0.05) is 29.3 Å². The Bertz CT molecular complexity index is 551. The molecule has 1 fully saturated rings. The van der Waals surface area contributed by atoms with Crippen LogP contribution in [0.1, 0.15) is 31.7 Å². The fourth-order valence-electron chi connectivity index (χ4n) is 2.44. The Morgan fingerprint density at radius 1 is 1.29 bits per heavy atom. The van der Waals surface area contributed by atoms with E-state index in [0.717, 1.165) is 24.8 Å². The number of benzene rings is 1. The summed E-state index contributed by atoms with van der Waals surface area (Å²) in [6, 6.07) is 5.42. The predicted octanol–water partition coefficient (Wildman–Crippen LogP) is 4.28. The van der Waals surface area contributed by atoms with Gasteiger partial charge in [-0.2, -0.15) is 0 Å². The summed E-state index contributed by atoms with van der Waals surface area (Å²) in [6.45, 7) is 3.98. The minimum Gasteiger partial charge on any atom is -0.355 e. The number of amides is 1. The number of hydrogen-bond donors (Lipinski definition) is 1. The smallest absolute Gasteiger partial charge is 0.230 e. The molecule has 0 spiro atoms. The van der Waals surface area contributed by atoms with Gasteiger partial charge in [-0.3, -0.25) is 4.79 Å².